The first kappa shape index (κ1) is 24.3. The third-order valence-corrected chi connectivity index (χ3v) is 6.31. The van der Waals surface area contributed by atoms with Gasteiger partial charge in [-0.2, -0.15) is 0 Å². The maximum Gasteiger partial charge on any atom is 0.245 e. The topological polar surface area (TPSA) is 91.4 Å². The van der Waals surface area contributed by atoms with Crippen LogP contribution >= 0.6 is 0 Å². The molecule has 2 rings (SSSR count). The zero-order valence-corrected chi connectivity index (χ0v) is 18.9. The standard InChI is InChI=1S/C21H26FNO7S/c1-6-9-31(25,26)23(15-7-8-17(27-2)16(22)13-15)20(24)12-14-10-18(28-3)21(30-5)19(11-14)29-4/h7-8,10-11,13H,6,9,12H2,1-5H3. The molecule has 0 heterocycles. The largest absolute Gasteiger partial charge is 0.494 e. The van der Waals surface area contributed by atoms with Crippen molar-refractivity contribution in [3.05, 3.63) is 41.7 Å². The number of hydrogen-bond donors (Lipinski definition) is 0. The van der Waals surface area contributed by atoms with Crippen molar-refractivity contribution in [2.45, 2.75) is 19.8 Å². The van der Waals surface area contributed by atoms with Crippen LogP contribution in [0.4, 0.5) is 10.1 Å². The molecule has 0 fully saturated rings. The summed E-state index contributed by atoms with van der Waals surface area (Å²) < 4.78 is 61.3. The average Bonchev–Trinajstić information content (AvgIpc) is 2.72. The average molecular weight is 456 g/mol. The molecular weight excluding hydrogens is 429 g/mol. The van der Waals surface area contributed by atoms with E-state index in [0.29, 0.717) is 27.1 Å². The Hall–Kier alpha value is -3.01. The number of anilines is 1. The van der Waals surface area contributed by atoms with E-state index >= 15 is 0 Å². The molecule has 0 saturated heterocycles. The highest BCUT2D eigenvalue weighted by molar-refractivity contribution is 7.93. The molecule has 10 heteroatoms. The number of nitrogens with zero attached hydrogens (tertiary/aromatic N) is 1. The van der Waals surface area contributed by atoms with Gasteiger partial charge in [-0.05, 0) is 36.2 Å². The summed E-state index contributed by atoms with van der Waals surface area (Å²) in [7, 11) is 1.56. The predicted molar refractivity (Wildman–Crippen MR) is 114 cm³/mol. The molecule has 2 aromatic carbocycles. The fraction of sp³-hybridized carbons (Fsp3) is 0.381. The van der Waals surface area contributed by atoms with E-state index in [9.17, 15) is 17.6 Å². The third kappa shape index (κ3) is 5.38. The van der Waals surface area contributed by atoms with E-state index in [1.165, 1.54) is 40.6 Å². The predicted octanol–water partition coefficient (Wildman–Crippen LogP) is 3.18. The fourth-order valence-corrected chi connectivity index (χ4v) is 4.58. The normalized spacial score (nSPS) is 11.0. The quantitative estimate of drug-likeness (QED) is 0.543. The van der Waals surface area contributed by atoms with Gasteiger partial charge < -0.3 is 18.9 Å². The lowest BCUT2D eigenvalue weighted by Gasteiger charge is -2.23. The molecule has 0 aromatic heterocycles. The van der Waals surface area contributed by atoms with Crippen molar-refractivity contribution in [3.63, 3.8) is 0 Å². The van der Waals surface area contributed by atoms with E-state index in [2.05, 4.69) is 0 Å². The van der Waals surface area contributed by atoms with E-state index in [1.807, 2.05) is 0 Å². The minimum absolute atomic E-state index is 0.0614. The molecule has 1 amide bonds. The van der Waals surface area contributed by atoms with Gasteiger partial charge >= 0.3 is 0 Å². The van der Waals surface area contributed by atoms with Crippen LogP contribution in [0, 0.1) is 5.82 Å². The Morgan fingerprint density at radius 2 is 1.52 bits per heavy atom. The smallest absolute Gasteiger partial charge is 0.245 e. The maximum atomic E-state index is 14.3. The maximum absolute atomic E-state index is 14.3. The Morgan fingerprint density at radius 3 is 1.97 bits per heavy atom. The summed E-state index contributed by atoms with van der Waals surface area (Å²) in [5, 5.41) is 0. The van der Waals surface area contributed by atoms with Gasteiger partial charge in [0, 0.05) is 6.07 Å². The van der Waals surface area contributed by atoms with Gasteiger partial charge in [0.05, 0.1) is 46.3 Å². The van der Waals surface area contributed by atoms with Crippen molar-refractivity contribution in [2.24, 2.45) is 0 Å². The van der Waals surface area contributed by atoms with E-state index in [1.54, 1.807) is 19.1 Å². The van der Waals surface area contributed by atoms with Gasteiger partial charge in [0.1, 0.15) is 0 Å². The summed E-state index contributed by atoms with van der Waals surface area (Å²) in [6.45, 7) is 1.67. The van der Waals surface area contributed by atoms with E-state index in [4.69, 9.17) is 18.9 Å². The molecule has 0 radical (unpaired) electrons. The zero-order valence-electron chi connectivity index (χ0n) is 18.1. The molecule has 0 atom stereocenters. The Labute approximate surface area is 181 Å². The zero-order chi connectivity index (χ0) is 23.2. The van der Waals surface area contributed by atoms with Gasteiger partial charge in [0.2, 0.25) is 21.7 Å². The summed E-state index contributed by atoms with van der Waals surface area (Å²) >= 11 is 0. The number of sulfonamides is 1. The second-order valence-electron chi connectivity index (χ2n) is 6.50. The van der Waals surface area contributed by atoms with E-state index < -0.39 is 21.7 Å². The van der Waals surface area contributed by atoms with E-state index in [-0.39, 0.29) is 30.0 Å². The molecule has 0 unspecified atom stereocenters. The summed E-state index contributed by atoms with van der Waals surface area (Å²) in [6, 6.07) is 6.66. The summed E-state index contributed by atoms with van der Waals surface area (Å²) in [4.78, 5) is 13.1. The van der Waals surface area contributed by atoms with Crippen LogP contribution in [-0.4, -0.2) is 48.5 Å². The van der Waals surface area contributed by atoms with Crippen molar-refractivity contribution in [2.75, 3.05) is 38.5 Å². The number of hydrogen-bond acceptors (Lipinski definition) is 7. The molecule has 0 aliphatic rings. The molecule has 31 heavy (non-hydrogen) atoms. The molecule has 0 bridgehead atoms. The molecule has 2 aromatic rings. The fourth-order valence-electron chi connectivity index (χ4n) is 3.07. The summed E-state index contributed by atoms with van der Waals surface area (Å²) in [6.07, 6.45) is -0.0117. The van der Waals surface area contributed by atoms with Gasteiger partial charge in [0.25, 0.3) is 0 Å². The highest BCUT2D eigenvalue weighted by atomic mass is 32.2. The number of ether oxygens (including phenoxy) is 4. The monoisotopic (exact) mass is 455 g/mol. The van der Waals surface area contributed by atoms with Gasteiger partial charge in [-0.15, -0.1) is 0 Å². The lowest BCUT2D eigenvalue weighted by Crippen LogP contribution is -2.39. The number of carbonyl (C=O) groups excluding carboxylic acids is 1. The first-order chi connectivity index (χ1) is 14.7. The van der Waals surface area contributed by atoms with Crippen molar-refractivity contribution in [1.82, 2.24) is 0 Å². The number of halogens is 1. The van der Waals surface area contributed by atoms with Crippen molar-refractivity contribution >= 4 is 21.6 Å². The third-order valence-electron chi connectivity index (χ3n) is 4.42. The Morgan fingerprint density at radius 1 is 0.935 bits per heavy atom. The number of carbonyl (C=O) groups is 1. The Balaban J connectivity index is 2.51. The minimum Gasteiger partial charge on any atom is -0.494 e. The molecule has 0 saturated carbocycles. The molecule has 0 aliphatic carbocycles. The van der Waals surface area contributed by atoms with Crippen LogP contribution in [0.5, 0.6) is 23.0 Å². The van der Waals surface area contributed by atoms with Crippen LogP contribution in [0.25, 0.3) is 0 Å². The SMILES string of the molecule is CCCS(=O)(=O)N(C(=O)Cc1cc(OC)c(OC)c(OC)c1)c1ccc(OC)c(F)c1. The molecule has 0 spiro atoms. The first-order valence-electron chi connectivity index (χ1n) is 9.40. The second-order valence-corrected chi connectivity index (χ2v) is 8.44. The van der Waals surface area contributed by atoms with Gasteiger partial charge in [-0.3, -0.25) is 4.79 Å². The summed E-state index contributed by atoms with van der Waals surface area (Å²) in [5.74, 6) is -0.889. The lowest BCUT2D eigenvalue weighted by atomic mass is 10.1. The van der Waals surface area contributed by atoms with Gasteiger partial charge in [-0.1, -0.05) is 6.92 Å². The highest BCUT2D eigenvalue weighted by Gasteiger charge is 2.30. The lowest BCUT2D eigenvalue weighted by molar-refractivity contribution is -0.116. The second kappa shape index (κ2) is 10.3. The van der Waals surface area contributed by atoms with Crippen LogP contribution in [0.1, 0.15) is 18.9 Å². The Kier molecular flexibility index (Phi) is 8.09. The van der Waals surface area contributed by atoms with E-state index in [0.717, 1.165) is 6.07 Å². The molecule has 0 aliphatic heterocycles. The van der Waals surface area contributed by atoms with Crippen molar-refractivity contribution in [3.8, 4) is 23.0 Å². The van der Waals surface area contributed by atoms with Crippen LogP contribution in [-0.2, 0) is 21.2 Å². The van der Waals surface area contributed by atoms with Crippen LogP contribution in [0.3, 0.4) is 0 Å². The molecule has 0 N–H and O–H groups in total. The highest BCUT2D eigenvalue weighted by Crippen LogP contribution is 2.38. The molecule has 170 valence electrons. The van der Waals surface area contributed by atoms with Crippen LogP contribution in [0.15, 0.2) is 30.3 Å². The van der Waals surface area contributed by atoms with Gasteiger partial charge in [-0.25, -0.2) is 17.1 Å². The van der Waals surface area contributed by atoms with Crippen molar-refractivity contribution in [1.29, 1.82) is 0 Å². The number of benzene rings is 2. The van der Waals surface area contributed by atoms with Gasteiger partial charge in [0.15, 0.2) is 23.1 Å². The Bertz CT molecular complexity index is 1020. The van der Waals surface area contributed by atoms with Crippen LogP contribution in [0.2, 0.25) is 0 Å². The summed E-state index contributed by atoms with van der Waals surface area (Å²) in [5.41, 5.74) is 0.328. The first-order valence-corrected chi connectivity index (χ1v) is 11.0. The number of methoxy groups -OCH3 is 4. The number of rotatable bonds is 10. The van der Waals surface area contributed by atoms with Crippen LogP contribution < -0.4 is 23.3 Å². The minimum atomic E-state index is -4.04. The van der Waals surface area contributed by atoms with Crippen molar-refractivity contribution < 1.29 is 36.6 Å². The number of amides is 1. The molecule has 8 nitrogen and oxygen atoms in total. The molecular formula is C21H26FNO7S.